The number of aromatic nitrogens is 1. The predicted molar refractivity (Wildman–Crippen MR) is 74.8 cm³/mol. The zero-order valence-corrected chi connectivity index (χ0v) is 11.3. The summed E-state index contributed by atoms with van der Waals surface area (Å²) in [5.74, 6) is 0.916. The van der Waals surface area contributed by atoms with Crippen LogP contribution < -0.4 is 4.74 Å². The van der Waals surface area contributed by atoms with Gasteiger partial charge < -0.3 is 9.72 Å². The van der Waals surface area contributed by atoms with Crippen molar-refractivity contribution in [2.45, 2.75) is 40.0 Å². The molecule has 0 fully saturated rings. The fourth-order valence-electron chi connectivity index (χ4n) is 1.70. The van der Waals surface area contributed by atoms with E-state index < -0.39 is 0 Å². The van der Waals surface area contributed by atoms with Gasteiger partial charge in [0.15, 0.2) is 0 Å². The second-order valence-corrected chi connectivity index (χ2v) is 4.20. The maximum Gasteiger partial charge on any atom is 0.119 e. The first kappa shape index (κ1) is 13.6. The van der Waals surface area contributed by atoms with Crippen molar-refractivity contribution in [3.05, 3.63) is 30.0 Å². The number of nitrogens with one attached hydrogen (secondary N) is 1. The number of benzene rings is 1. The van der Waals surface area contributed by atoms with Gasteiger partial charge in [-0.1, -0.05) is 33.6 Å². The number of ether oxygens (including phenoxy) is 1. The van der Waals surface area contributed by atoms with Crippen LogP contribution in [0.4, 0.5) is 0 Å². The van der Waals surface area contributed by atoms with Crippen molar-refractivity contribution in [1.29, 1.82) is 0 Å². The average molecular weight is 233 g/mol. The lowest BCUT2D eigenvalue weighted by Crippen LogP contribution is -1.81. The van der Waals surface area contributed by atoms with Crippen LogP contribution in [0.5, 0.6) is 5.75 Å². The molecular weight excluding hydrogens is 210 g/mol. The molecule has 0 unspecified atom stereocenters. The van der Waals surface area contributed by atoms with E-state index in [1.54, 1.807) is 7.11 Å². The number of hydrogen-bond donors (Lipinski definition) is 1. The number of fused-ring (bicyclic) bond motifs is 1. The molecule has 1 heterocycles. The van der Waals surface area contributed by atoms with Crippen molar-refractivity contribution in [2.24, 2.45) is 0 Å². The Morgan fingerprint density at radius 1 is 1.12 bits per heavy atom. The molecular formula is C15H23NO. The molecule has 0 saturated heterocycles. The Kier molecular flexibility index (Phi) is 5.61. The van der Waals surface area contributed by atoms with Crippen molar-refractivity contribution < 1.29 is 4.74 Å². The first-order valence-electron chi connectivity index (χ1n) is 6.40. The third kappa shape index (κ3) is 3.81. The van der Waals surface area contributed by atoms with E-state index in [2.05, 4.69) is 44.0 Å². The summed E-state index contributed by atoms with van der Waals surface area (Å²) in [6.45, 7) is 6.44. The maximum absolute atomic E-state index is 5.18. The predicted octanol–water partition coefficient (Wildman–Crippen LogP) is 4.55. The van der Waals surface area contributed by atoms with Gasteiger partial charge in [-0.25, -0.2) is 0 Å². The minimum absolute atomic E-state index is 0.916. The Balaban J connectivity index is 0.000000437. The van der Waals surface area contributed by atoms with Crippen LogP contribution >= 0.6 is 0 Å². The van der Waals surface area contributed by atoms with Gasteiger partial charge in [-0.2, -0.15) is 0 Å². The highest BCUT2D eigenvalue weighted by molar-refractivity contribution is 5.81. The van der Waals surface area contributed by atoms with E-state index in [9.17, 15) is 0 Å². The minimum Gasteiger partial charge on any atom is -0.497 e. The number of methoxy groups -OCH3 is 1. The number of rotatable bonds is 3. The number of H-pyrrole nitrogens is 1. The van der Waals surface area contributed by atoms with Crippen LogP contribution in [0, 0.1) is 0 Å². The second-order valence-electron chi connectivity index (χ2n) is 4.20. The van der Waals surface area contributed by atoms with Crippen LogP contribution in [-0.4, -0.2) is 12.1 Å². The van der Waals surface area contributed by atoms with Crippen molar-refractivity contribution >= 4 is 10.9 Å². The number of aryl methyl sites for hydroxylation is 1. The molecule has 0 bridgehead atoms. The number of hydrogen-bond acceptors (Lipinski definition) is 1. The van der Waals surface area contributed by atoms with E-state index in [4.69, 9.17) is 4.74 Å². The molecule has 2 heteroatoms. The molecule has 2 rings (SSSR count). The fourth-order valence-corrected chi connectivity index (χ4v) is 1.70. The summed E-state index contributed by atoms with van der Waals surface area (Å²) >= 11 is 0. The Labute approximate surface area is 104 Å². The summed E-state index contributed by atoms with van der Waals surface area (Å²) in [5.41, 5.74) is 2.49. The van der Waals surface area contributed by atoms with E-state index >= 15 is 0 Å². The molecule has 0 radical (unpaired) electrons. The molecule has 2 aromatic rings. The van der Waals surface area contributed by atoms with Crippen molar-refractivity contribution in [2.75, 3.05) is 7.11 Å². The molecule has 0 atom stereocenters. The summed E-state index contributed by atoms with van der Waals surface area (Å²) in [5, 5.41) is 1.23. The lowest BCUT2D eigenvalue weighted by molar-refractivity contribution is 0.415. The van der Waals surface area contributed by atoms with Gasteiger partial charge in [-0.15, -0.1) is 0 Å². The maximum atomic E-state index is 5.18. The number of aromatic amines is 1. The van der Waals surface area contributed by atoms with Crippen LogP contribution in [-0.2, 0) is 6.42 Å². The molecule has 0 aliphatic rings. The van der Waals surface area contributed by atoms with Gasteiger partial charge in [0.05, 0.1) is 7.11 Å². The van der Waals surface area contributed by atoms with Gasteiger partial charge in [0, 0.05) is 16.6 Å². The summed E-state index contributed by atoms with van der Waals surface area (Å²) in [6, 6.07) is 8.30. The highest BCUT2D eigenvalue weighted by Gasteiger charge is 2.00. The van der Waals surface area contributed by atoms with Gasteiger partial charge in [0.2, 0.25) is 0 Å². The highest BCUT2D eigenvalue weighted by Crippen LogP contribution is 2.21. The summed E-state index contributed by atoms with van der Waals surface area (Å²) in [7, 11) is 1.70. The van der Waals surface area contributed by atoms with Gasteiger partial charge in [-0.05, 0) is 30.7 Å². The minimum atomic E-state index is 0.916. The van der Waals surface area contributed by atoms with Crippen molar-refractivity contribution in [1.82, 2.24) is 4.98 Å². The first-order valence-corrected chi connectivity index (χ1v) is 6.40. The zero-order chi connectivity index (χ0) is 12.7. The standard InChI is InChI=1S/C12H15NO.C3H8/c1-3-4-10-7-9-8-11(14-2)5-6-12(9)13-10;1-3-2/h5-8,13H,3-4H2,1-2H3;3H2,1-2H3. The molecule has 1 aromatic carbocycles. The smallest absolute Gasteiger partial charge is 0.119 e. The molecule has 0 aliphatic heterocycles. The van der Waals surface area contributed by atoms with Crippen LogP contribution in [0.2, 0.25) is 0 Å². The third-order valence-corrected chi connectivity index (χ3v) is 2.40. The summed E-state index contributed by atoms with van der Waals surface area (Å²) < 4.78 is 5.18. The third-order valence-electron chi connectivity index (χ3n) is 2.40. The van der Waals surface area contributed by atoms with Gasteiger partial charge in [0.1, 0.15) is 5.75 Å². The molecule has 1 N–H and O–H groups in total. The van der Waals surface area contributed by atoms with E-state index in [0.29, 0.717) is 0 Å². The fraction of sp³-hybridized carbons (Fsp3) is 0.467. The van der Waals surface area contributed by atoms with Crippen LogP contribution in [0.15, 0.2) is 24.3 Å². The van der Waals surface area contributed by atoms with E-state index in [0.717, 1.165) is 12.2 Å². The SMILES string of the molecule is CCC.CCCc1cc2cc(OC)ccc2[nH]1. The highest BCUT2D eigenvalue weighted by atomic mass is 16.5. The second kappa shape index (κ2) is 7.00. The zero-order valence-electron chi connectivity index (χ0n) is 11.3. The molecule has 0 spiro atoms. The van der Waals surface area contributed by atoms with E-state index in [-0.39, 0.29) is 0 Å². The van der Waals surface area contributed by atoms with Crippen molar-refractivity contribution in [3.63, 3.8) is 0 Å². The summed E-state index contributed by atoms with van der Waals surface area (Å²) in [4.78, 5) is 3.39. The van der Waals surface area contributed by atoms with Crippen LogP contribution in [0.1, 0.15) is 39.3 Å². The molecule has 17 heavy (non-hydrogen) atoms. The van der Waals surface area contributed by atoms with Gasteiger partial charge in [0.25, 0.3) is 0 Å². The monoisotopic (exact) mass is 233 g/mol. The largest absolute Gasteiger partial charge is 0.497 e. The van der Waals surface area contributed by atoms with Gasteiger partial charge in [-0.3, -0.25) is 0 Å². The lowest BCUT2D eigenvalue weighted by atomic mass is 10.2. The normalized spacial score (nSPS) is 9.88. The van der Waals surface area contributed by atoms with Gasteiger partial charge >= 0.3 is 0 Å². The topological polar surface area (TPSA) is 25.0 Å². The Morgan fingerprint density at radius 2 is 1.82 bits per heavy atom. The molecule has 0 aliphatic carbocycles. The average Bonchev–Trinajstić information content (AvgIpc) is 2.71. The lowest BCUT2D eigenvalue weighted by Gasteiger charge is -1.97. The first-order chi connectivity index (χ1) is 8.24. The Bertz CT molecular complexity index is 445. The van der Waals surface area contributed by atoms with Crippen molar-refractivity contribution in [3.8, 4) is 5.75 Å². The Hall–Kier alpha value is -1.44. The quantitative estimate of drug-likeness (QED) is 0.826. The molecule has 94 valence electrons. The van der Waals surface area contributed by atoms with Crippen LogP contribution in [0.25, 0.3) is 10.9 Å². The molecule has 0 saturated carbocycles. The molecule has 1 aromatic heterocycles. The molecule has 0 amide bonds. The van der Waals surface area contributed by atoms with E-state index in [1.165, 1.54) is 29.4 Å². The molecule has 2 nitrogen and oxygen atoms in total. The Morgan fingerprint density at radius 3 is 2.41 bits per heavy atom. The van der Waals surface area contributed by atoms with E-state index in [1.807, 2.05) is 6.07 Å². The summed E-state index contributed by atoms with van der Waals surface area (Å²) in [6.07, 6.45) is 3.53. The van der Waals surface area contributed by atoms with Crippen LogP contribution in [0.3, 0.4) is 0 Å².